The summed E-state index contributed by atoms with van der Waals surface area (Å²) < 4.78 is 1.76. The van der Waals surface area contributed by atoms with Crippen LogP contribution in [0.3, 0.4) is 0 Å². The lowest BCUT2D eigenvalue weighted by Gasteiger charge is -2.29. The highest BCUT2D eigenvalue weighted by Crippen LogP contribution is 2.21. The molecule has 1 unspecified atom stereocenters. The zero-order valence-corrected chi connectivity index (χ0v) is 15.5. The van der Waals surface area contributed by atoms with Gasteiger partial charge in [0.2, 0.25) is 5.91 Å². The first-order valence-electron chi connectivity index (χ1n) is 8.79. The Kier molecular flexibility index (Phi) is 6.78. The van der Waals surface area contributed by atoms with E-state index in [-0.39, 0.29) is 24.4 Å². The van der Waals surface area contributed by atoms with Gasteiger partial charge in [-0.3, -0.25) is 9.48 Å². The zero-order valence-electron chi connectivity index (χ0n) is 15.5. The zero-order chi connectivity index (χ0) is 19.1. The van der Waals surface area contributed by atoms with Gasteiger partial charge < -0.3 is 15.5 Å². The fraction of sp³-hybridized carbons (Fsp3) is 0.556. The number of amides is 3. The van der Waals surface area contributed by atoms with E-state index < -0.39 is 6.04 Å². The SMILES string of the molecule is CC(C)CC(NC(=O)N1CC=C(c2cnn(C)c2)CC1)C(=O)NCC#N. The molecule has 0 fully saturated rings. The number of aryl methyl sites for hydroxylation is 1. The van der Waals surface area contributed by atoms with E-state index in [9.17, 15) is 9.59 Å². The third kappa shape index (κ3) is 5.34. The molecule has 2 N–H and O–H groups in total. The number of hydrogen-bond donors (Lipinski definition) is 2. The van der Waals surface area contributed by atoms with E-state index in [1.165, 1.54) is 5.57 Å². The average molecular weight is 358 g/mol. The van der Waals surface area contributed by atoms with Crippen LogP contribution >= 0.6 is 0 Å². The minimum Gasteiger partial charge on any atom is -0.341 e. The van der Waals surface area contributed by atoms with Crippen LogP contribution in [-0.2, 0) is 11.8 Å². The van der Waals surface area contributed by atoms with E-state index in [1.54, 1.807) is 9.58 Å². The number of nitrogens with one attached hydrogen (secondary N) is 2. The van der Waals surface area contributed by atoms with Crippen LogP contribution in [0.5, 0.6) is 0 Å². The molecule has 140 valence electrons. The molecule has 1 aromatic heterocycles. The molecule has 3 amide bonds. The predicted molar refractivity (Wildman–Crippen MR) is 97.8 cm³/mol. The molecule has 0 saturated heterocycles. The van der Waals surface area contributed by atoms with Gasteiger partial charge in [0.15, 0.2) is 0 Å². The van der Waals surface area contributed by atoms with Crippen LogP contribution in [0.15, 0.2) is 18.5 Å². The van der Waals surface area contributed by atoms with Gasteiger partial charge in [0.1, 0.15) is 12.6 Å². The lowest BCUT2D eigenvalue weighted by Crippen LogP contribution is -2.52. The number of urea groups is 1. The second kappa shape index (κ2) is 9.04. The van der Waals surface area contributed by atoms with Crippen molar-refractivity contribution in [3.05, 3.63) is 24.0 Å². The summed E-state index contributed by atoms with van der Waals surface area (Å²) in [7, 11) is 1.87. The molecule has 0 bridgehead atoms. The van der Waals surface area contributed by atoms with Crippen LogP contribution in [0.2, 0.25) is 0 Å². The number of aromatic nitrogens is 2. The Morgan fingerprint density at radius 2 is 2.19 bits per heavy atom. The summed E-state index contributed by atoms with van der Waals surface area (Å²) in [6, 6.07) is 0.977. The first kappa shape index (κ1) is 19.5. The Balaban J connectivity index is 1.95. The molecule has 2 rings (SSSR count). The van der Waals surface area contributed by atoms with E-state index in [1.807, 2.05) is 45.4 Å². The average Bonchev–Trinajstić information content (AvgIpc) is 3.05. The topological polar surface area (TPSA) is 103 Å². The summed E-state index contributed by atoms with van der Waals surface area (Å²) >= 11 is 0. The normalized spacial score (nSPS) is 15.2. The van der Waals surface area contributed by atoms with E-state index in [0.29, 0.717) is 19.5 Å². The molecule has 0 radical (unpaired) electrons. The van der Waals surface area contributed by atoms with Crippen molar-refractivity contribution in [2.24, 2.45) is 13.0 Å². The van der Waals surface area contributed by atoms with Crippen molar-refractivity contribution < 1.29 is 9.59 Å². The van der Waals surface area contributed by atoms with Gasteiger partial charge in [-0.1, -0.05) is 19.9 Å². The fourth-order valence-corrected chi connectivity index (χ4v) is 2.90. The summed E-state index contributed by atoms with van der Waals surface area (Å²) in [6.45, 7) is 4.98. The Morgan fingerprint density at radius 1 is 1.42 bits per heavy atom. The second-order valence-corrected chi connectivity index (χ2v) is 6.84. The largest absolute Gasteiger partial charge is 0.341 e. The van der Waals surface area contributed by atoms with Crippen molar-refractivity contribution >= 4 is 17.5 Å². The minimum atomic E-state index is -0.639. The van der Waals surface area contributed by atoms with Gasteiger partial charge in [-0.25, -0.2) is 4.79 Å². The summed E-state index contributed by atoms with van der Waals surface area (Å²) in [5, 5.41) is 18.1. The van der Waals surface area contributed by atoms with Crippen LogP contribution < -0.4 is 10.6 Å². The third-order valence-electron chi connectivity index (χ3n) is 4.23. The van der Waals surface area contributed by atoms with Crippen LogP contribution in [-0.4, -0.2) is 52.3 Å². The second-order valence-electron chi connectivity index (χ2n) is 6.84. The lowest BCUT2D eigenvalue weighted by atomic mass is 10.0. The molecule has 0 aromatic carbocycles. The first-order chi connectivity index (χ1) is 12.4. The number of rotatable bonds is 6. The molecule has 8 heteroatoms. The minimum absolute atomic E-state index is 0.0653. The lowest BCUT2D eigenvalue weighted by molar-refractivity contribution is -0.123. The Labute approximate surface area is 153 Å². The van der Waals surface area contributed by atoms with Crippen LogP contribution in [0.25, 0.3) is 5.57 Å². The molecular formula is C18H26N6O2. The standard InChI is InChI=1S/C18H26N6O2/c1-13(2)10-16(17(25)20-7-6-19)22-18(26)24-8-4-14(5-9-24)15-11-21-23(3)12-15/h4,11-13,16H,5,7-10H2,1-3H3,(H,20,25)(H,22,26). The molecular weight excluding hydrogens is 332 g/mol. The maximum atomic E-state index is 12.5. The molecule has 8 nitrogen and oxygen atoms in total. The van der Waals surface area contributed by atoms with Crippen molar-refractivity contribution in [2.75, 3.05) is 19.6 Å². The van der Waals surface area contributed by atoms with E-state index in [0.717, 1.165) is 12.0 Å². The molecule has 1 aliphatic rings. The molecule has 1 aromatic rings. The van der Waals surface area contributed by atoms with Gasteiger partial charge >= 0.3 is 6.03 Å². The number of carbonyl (C=O) groups excluding carboxylic acids is 2. The molecule has 26 heavy (non-hydrogen) atoms. The maximum absolute atomic E-state index is 12.5. The van der Waals surface area contributed by atoms with Crippen molar-refractivity contribution in [3.63, 3.8) is 0 Å². The number of carbonyl (C=O) groups is 2. The summed E-state index contributed by atoms with van der Waals surface area (Å²) in [5.41, 5.74) is 2.24. The van der Waals surface area contributed by atoms with E-state index in [2.05, 4.69) is 15.7 Å². The van der Waals surface area contributed by atoms with Crippen molar-refractivity contribution in [3.8, 4) is 6.07 Å². The van der Waals surface area contributed by atoms with Crippen molar-refractivity contribution in [2.45, 2.75) is 32.7 Å². The van der Waals surface area contributed by atoms with Crippen LogP contribution in [0.4, 0.5) is 4.79 Å². The van der Waals surface area contributed by atoms with Crippen LogP contribution in [0, 0.1) is 17.2 Å². The first-order valence-corrected chi connectivity index (χ1v) is 8.79. The number of nitrogens with zero attached hydrogens (tertiary/aromatic N) is 4. The summed E-state index contributed by atoms with van der Waals surface area (Å²) in [4.78, 5) is 26.4. The predicted octanol–water partition coefficient (Wildman–Crippen LogP) is 1.27. The maximum Gasteiger partial charge on any atom is 0.318 e. The Bertz CT molecular complexity index is 716. The highest BCUT2D eigenvalue weighted by Gasteiger charge is 2.25. The highest BCUT2D eigenvalue weighted by molar-refractivity contribution is 5.87. The summed E-state index contributed by atoms with van der Waals surface area (Å²) in [5.74, 6) is -0.0798. The summed E-state index contributed by atoms with van der Waals surface area (Å²) in [6.07, 6.45) is 7.06. The molecule has 2 heterocycles. The third-order valence-corrected chi connectivity index (χ3v) is 4.23. The molecule has 0 spiro atoms. The molecule has 0 aliphatic carbocycles. The Hall–Kier alpha value is -2.82. The molecule has 1 aliphatic heterocycles. The van der Waals surface area contributed by atoms with Crippen molar-refractivity contribution in [1.29, 1.82) is 5.26 Å². The monoisotopic (exact) mass is 358 g/mol. The quantitative estimate of drug-likeness (QED) is 0.748. The smallest absolute Gasteiger partial charge is 0.318 e. The number of nitriles is 1. The van der Waals surface area contributed by atoms with Crippen LogP contribution in [0.1, 0.15) is 32.3 Å². The van der Waals surface area contributed by atoms with Crippen molar-refractivity contribution in [1.82, 2.24) is 25.3 Å². The molecule has 0 saturated carbocycles. The van der Waals surface area contributed by atoms with Gasteiger partial charge in [0.05, 0.1) is 12.3 Å². The number of hydrogen-bond acceptors (Lipinski definition) is 4. The molecule has 1 atom stereocenters. The van der Waals surface area contributed by atoms with Gasteiger partial charge in [0.25, 0.3) is 0 Å². The van der Waals surface area contributed by atoms with Gasteiger partial charge in [-0.2, -0.15) is 10.4 Å². The van der Waals surface area contributed by atoms with Gasteiger partial charge in [-0.05, 0) is 24.3 Å². The van der Waals surface area contributed by atoms with Gasteiger partial charge in [-0.15, -0.1) is 0 Å². The highest BCUT2D eigenvalue weighted by atomic mass is 16.2. The van der Waals surface area contributed by atoms with Gasteiger partial charge in [0, 0.05) is 31.9 Å². The van der Waals surface area contributed by atoms with E-state index in [4.69, 9.17) is 5.26 Å². The van der Waals surface area contributed by atoms with E-state index >= 15 is 0 Å². The Morgan fingerprint density at radius 3 is 2.73 bits per heavy atom. The fourth-order valence-electron chi connectivity index (χ4n) is 2.90.